The minimum atomic E-state index is -0.516. The van der Waals surface area contributed by atoms with Gasteiger partial charge in [0.15, 0.2) is 5.69 Å². The molecule has 7 nitrogen and oxygen atoms in total. The number of hydrogen-bond acceptors (Lipinski definition) is 5. The Morgan fingerprint density at radius 1 is 1.63 bits per heavy atom. The topological polar surface area (TPSA) is 99.2 Å². The number of esters is 1. The highest BCUT2D eigenvalue weighted by atomic mass is 16.5. The highest BCUT2D eigenvalue weighted by Gasteiger charge is 2.25. The van der Waals surface area contributed by atoms with E-state index in [9.17, 15) is 9.59 Å². The van der Waals surface area contributed by atoms with Crippen LogP contribution in [0.4, 0.5) is 5.82 Å². The quantitative estimate of drug-likeness (QED) is 0.760. The number of amides is 1. The van der Waals surface area contributed by atoms with Gasteiger partial charge in [-0.25, -0.2) is 9.78 Å². The molecule has 1 aromatic rings. The van der Waals surface area contributed by atoms with Crippen molar-refractivity contribution in [3.63, 3.8) is 0 Å². The maximum atomic E-state index is 11.7. The fraction of sp³-hybridized carbons (Fsp3) is 0.583. The van der Waals surface area contributed by atoms with Crippen LogP contribution in [0.5, 0.6) is 0 Å². The number of carbonyl (C=O) groups excluding carboxylic acids is 2. The highest BCUT2D eigenvalue weighted by molar-refractivity contribution is 5.92. The highest BCUT2D eigenvalue weighted by Crippen LogP contribution is 2.18. The smallest absolute Gasteiger partial charge is 0.360 e. The molecule has 1 aliphatic heterocycles. The van der Waals surface area contributed by atoms with Crippen molar-refractivity contribution in [1.82, 2.24) is 14.9 Å². The van der Waals surface area contributed by atoms with Crippen molar-refractivity contribution in [2.24, 2.45) is 0 Å². The van der Waals surface area contributed by atoms with Crippen molar-refractivity contribution in [2.75, 3.05) is 12.3 Å². The fourth-order valence-electron chi connectivity index (χ4n) is 2.20. The Morgan fingerprint density at radius 2 is 2.37 bits per heavy atom. The van der Waals surface area contributed by atoms with Crippen LogP contribution in [-0.4, -0.2) is 34.1 Å². The summed E-state index contributed by atoms with van der Waals surface area (Å²) in [4.78, 5) is 27.0. The zero-order valence-electron chi connectivity index (χ0n) is 11.1. The molecule has 2 rings (SSSR count). The van der Waals surface area contributed by atoms with Crippen LogP contribution in [0.2, 0.25) is 0 Å². The molecule has 7 heteroatoms. The van der Waals surface area contributed by atoms with E-state index in [-0.39, 0.29) is 30.1 Å². The minimum Gasteiger partial charge on any atom is -0.461 e. The molecular formula is C12H18N4O3. The number of imidazole rings is 1. The minimum absolute atomic E-state index is 0.0396. The van der Waals surface area contributed by atoms with Gasteiger partial charge < -0.3 is 20.4 Å². The van der Waals surface area contributed by atoms with E-state index in [1.165, 1.54) is 0 Å². The van der Waals surface area contributed by atoms with Crippen LogP contribution in [0.1, 0.15) is 36.1 Å². The zero-order valence-corrected chi connectivity index (χ0v) is 11.1. The molecule has 1 fully saturated rings. The van der Waals surface area contributed by atoms with Crippen LogP contribution >= 0.6 is 0 Å². The summed E-state index contributed by atoms with van der Waals surface area (Å²) in [6.45, 7) is 4.31. The van der Waals surface area contributed by atoms with Crippen molar-refractivity contribution in [3.8, 4) is 0 Å². The normalized spacial score (nSPS) is 18.4. The monoisotopic (exact) mass is 266 g/mol. The molecule has 1 aromatic heterocycles. The first kappa shape index (κ1) is 13.4. The van der Waals surface area contributed by atoms with Crippen molar-refractivity contribution >= 4 is 17.7 Å². The maximum absolute atomic E-state index is 11.7. The van der Waals surface area contributed by atoms with Gasteiger partial charge >= 0.3 is 5.97 Å². The molecule has 3 N–H and O–H groups in total. The molecule has 104 valence electrons. The van der Waals surface area contributed by atoms with Crippen molar-refractivity contribution in [1.29, 1.82) is 0 Å². The summed E-state index contributed by atoms with van der Waals surface area (Å²) in [6.07, 6.45) is 1.30. The third kappa shape index (κ3) is 2.69. The standard InChI is InChI=1S/C12H18N4O3/c1-3-19-12(18)10-11(13)16(7(2)14-10)6-8-4-5-9(17)15-8/h8H,3-6,13H2,1-2H3,(H,15,17). The van der Waals surface area contributed by atoms with Gasteiger partial charge in [0.25, 0.3) is 0 Å². The number of aryl methyl sites for hydroxylation is 1. The predicted molar refractivity (Wildman–Crippen MR) is 68.5 cm³/mol. The fourth-order valence-corrected chi connectivity index (χ4v) is 2.20. The molecule has 1 unspecified atom stereocenters. The molecule has 0 radical (unpaired) electrons. The summed E-state index contributed by atoms with van der Waals surface area (Å²) in [5, 5.41) is 2.86. The molecule has 0 spiro atoms. The molecule has 0 aliphatic carbocycles. The van der Waals surface area contributed by atoms with Crippen molar-refractivity contribution < 1.29 is 14.3 Å². The van der Waals surface area contributed by atoms with Gasteiger partial charge in [-0.15, -0.1) is 0 Å². The second kappa shape index (κ2) is 5.29. The van der Waals surface area contributed by atoms with E-state index in [4.69, 9.17) is 10.5 Å². The SMILES string of the molecule is CCOC(=O)c1nc(C)n(CC2CCC(=O)N2)c1N. The van der Waals surface area contributed by atoms with Gasteiger partial charge in [0.1, 0.15) is 11.6 Å². The van der Waals surface area contributed by atoms with Crippen LogP contribution in [-0.2, 0) is 16.1 Å². The lowest BCUT2D eigenvalue weighted by Crippen LogP contribution is -2.30. The molecule has 1 saturated heterocycles. The van der Waals surface area contributed by atoms with Crippen molar-refractivity contribution in [2.45, 2.75) is 39.3 Å². The van der Waals surface area contributed by atoms with Gasteiger partial charge in [-0.05, 0) is 20.3 Å². The number of nitrogens with one attached hydrogen (secondary N) is 1. The van der Waals surface area contributed by atoms with E-state index >= 15 is 0 Å². The summed E-state index contributed by atoms with van der Waals surface area (Å²) in [7, 11) is 0. The first-order chi connectivity index (χ1) is 9.02. The molecule has 1 atom stereocenters. The van der Waals surface area contributed by atoms with Gasteiger partial charge in [-0.1, -0.05) is 0 Å². The Hall–Kier alpha value is -2.05. The largest absolute Gasteiger partial charge is 0.461 e. The molecule has 0 aromatic carbocycles. The summed E-state index contributed by atoms with van der Waals surface area (Å²) < 4.78 is 6.64. The lowest BCUT2D eigenvalue weighted by molar-refractivity contribution is -0.119. The number of ether oxygens (including phenoxy) is 1. The zero-order chi connectivity index (χ0) is 14.0. The van der Waals surface area contributed by atoms with Crippen LogP contribution in [0.15, 0.2) is 0 Å². The van der Waals surface area contributed by atoms with Gasteiger partial charge in [0.05, 0.1) is 6.61 Å². The molecule has 1 aliphatic rings. The van der Waals surface area contributed by atoms with Gasteiger partial charge in [0, 0.05) is 19.0 Å². The number of rotatable bonds is 4. The lowest BCUT2D eigenvalue weighted by Gasteiger charge is -2.13. The Bertz CT molecular complexity index is 509. The second-order valence-corrected chi connectivity index (χ2v) is 4.53. The van der Waals surface area contributed by atoms with Gasteiger partial charge in [-0.3, -0.25) is 4.79 Å². The molecular weight excluding hydrogens is 248 g/mol. The first-order valence-electron chi connectivity index (χ1n) is 6.32. The number of carbonyl (C=O) groups is 2. The van der Waals surface area contributed by atoms with E-state index < -0.39 is 5.97 Å². The average molecular weight is 266 g/mol. The van der Waals surface area contributed by atoms with Gasteiger partial charge in [-0.2, -0.15) is 0 Å². The number of nitrogens with two attached hydrogens (primary N) is 1. The number of aromatic nitrogens is 2. The molecule has 1 amide bonds. The summed E-state index contributed by atoms with van der Waals surface area (Å²) >= 11 is 0. The summed E-state index contributed by atoms with van der Waals surface area (Å²) in [5.41, 5.74) is 6.08. The number of hydrogen-bond donors (Lipinski definition) is 2. The molecule has 0 saturated carbocycles. The Labute approximate surface area is 111 Å². The number of nitrogen functional groups attached to an aromatic ring is 1. The van der Waals surface area contributed by atoms with E-state index in [1.807, 2.05) is 0 Å². The third-order valence-electron chi connectivity index (χ3n) is 3.15. The van der Waals surface area contributed by atoms with Crippen LogP contribution in [0, 0.1) is 6.92 Å². The molecule has 2 heterocycles. The van der Waals surface area contributed by atoms with E-state index in [0.29, 0.717) is 18.8 Å². The van der Waals surface area contributed by atoms with Crippen LogP contribution < -0.4 is 11.1 Å². The second-order valence-electron chi connectivity index (χ2n) is 4.53. The van der Waals surface area contributed by atoms with E-state index in [2.05, 4.69) is 10.3 Å². The summed E-state index contributed by atoms with van der Waals surface area (Å²) in [6, 6.07) is 0.0396. The predicted octanol–water partition coefficient (Wildman–Crippen LogP) is 0.229. The average Bonchev–Trinajstić information content (AvgIpc) is 2.88. The lowest BCUT2D eigenvalue weighted by atomic mass is 10.2. The molecule has 19 heavy (non-hydrogen) atoms. The third-order valence-corrected chi connectivity index (χ3v) is 3.15. The number of anilines is 1. The summed E-state index contributed by atoms with van der Waals surface area (Å²) in [5.74, 6) is 0.461. The van der Waals surface area contributed by atoms with E-state index in [0.717, 1.165) is 6.42 Å². The first-order valence-corrected chi connectivity index (χ1v) is 6.32. The van der Waals surface area contributed by atoms with Crippen LogP contribution in [0.25, 0.3) is 0 Å². The van der Waals surface area contributed by atoms with Crippen LogP contribution in [0.3, 0.4) is 0 Å². The Morgan fingerprint density at radius 3 is 2.95 bits per heavy atom. The molecule has 0 bridgehead atoms. The Balaban J connectivity index is 2.17. The maximum Gasteiger partial charge on any atom is 0.360 e. The number of nitrogens with zero attached hydrogens (tertiary/aromatic N) is 2. The van der Waals surface area contributed by atoms with Gasteiger partial charge in [0.2, 0.25) is 5.91 Å². The Kier molecular flexibility index (Phi) is 3.73. The van der Waals surface area contributed by atoms with E-state index in [1.54, 1.807) is 18.4 Å². The van der Waals surface area contributed by atoms with Crippen molar-refractivity contribution in [3.05, 3.63) is 11.5 Å².